The maximum Gasteiger partial charge on any atom is 0.343 e. The molecule has 0 unspecified atom stereocenters. The molecule has 0 bridgehead atoms. The number of nitro groups is 1. The number of fused-ring (bicyclic) bond motifs is 5. The van der Waals surface area contributed by atoms with Gasteiger partial charge in [-0.05, 0) is 54.3 Å². The Bertz CT molecular complexity index is 1740. The van der Waals surface area contributed by atoms with Gasteiger partial charge >= 0.3 is 5.97 Å². The van der Waals surface area contributed by atoms with E-state index in [-0.39, 0.29) is 36.4 Å². The predicted octanol–water partition coefficient (Wildman–Crippen LogP) is 4.10. The molecule has 2 aromatic carbocycles. The van der Waals surface area contributed by atoms with Gasteiger partial charge in [-0.1, -0.05) is 6.92 Å². The Morgan fingerprint density at radius 1 is 1.19 bits per heavy atom. The van der Waals surface area contributed by atoms with Crippen LogP contribution in [0.25, 0.3) is 33.4 Å². The molecule has 1 atom stereocenters. The molecule has 1 N–H and O–H groups in total. The van der Waals surface area contributed by atoms with Crippen LogP contribution in [0.15, 0.2) is 47.3 Å². The van der Waals surface area contributed by atoms with E-state index in [0.29, 0.717) is 44.5 Å². The highest BCUT2D eigenvalue weighted by atomic mass is 19.1. The van der Waals surface area contributed by atoms with Gasteiger partial charge in [-0.2, -0.15) is 0 Å². The Morgan fingerprint density at radius 3 is 2.59 bits per heavy atom. The lowest BCUT2D eigenvalue weighted by Crippen LogP contribution is -2.44. The van der Waals surface area contributed by atoms with Gasteiger partial charge in [0.05, 0.1) is 33.9 Å². The summed E-state index contributed by atoms with van der Waals surface area (Å²) in [5, 5.41) is 22.9. The van der Waals surface area contributed by atoms with E-state index in [1.165, 1.54) is 22.8 Å². The number of non-ortho nitro benzene ring substituents is 1. The van der Waals surface area contributed by atoms with Crippen molar-refractivity contribution in [2.75, 3.05) is 0 Å². The number of hydrogen-bond acceptors (Lipinski definition) is 7. The zero-order valence-electron chi connectivity index (χ0n) is 19.9. The van der Waals surface area contributed by atoms with E-state index in [4.69, 9.17) is 9.72 Å². The number of rotatable bonds is 3. The first kappa shape index (κ1) is 23.0. The largest absolute Gasteiger partial charge is 0.458 e. The van der Waals surface area contributed by atoms with Crippen LogP contribution in [0.2, 0.25) is 0 Å². The van der Waals surface area contributed by atoms with Crippen molar-refractivity contribution >= 4 is 22.6 Å². The van der Waals surface area contributed by atoms with Gasteiger partial charge in [-0.3, -0.25) is 14.9 Å². The molecule has 6 rings (SSSR count). The normalized spacial score (nSPS) is 17.8. The third-order valence-electron chi connectivity index (χ3n) is 7.33. The summed E-state index contributed by atoms with van der Waals surface area (Å²) in [6, 6.07) is 10.6. The molecule has 0 spiro atoms. The van der Waals surface area contributed by atoms with Crippen LogP contribution in [0.4, 0.5) is 10.1 Å². The monoisotopic (exact) mass is 501 g/mol. The first-order chi connectivity index (χ1) is 17.6. The molecule has 4 heterocycles. The van der Waals surface area contributed by atoms with E-state index in [2.05, 4.69) is 0 Å². The minimum absolute atomic E-state index is 0.0122. The van der Waals surface area contributed by atoms with E-state index in [1.54, 1.807) is 38.1 Å². The summed E-state index contributed by atoms with van der Waals surface area (Å²) in [6.07, 6.45) is 0.0122. The zero-order chi connectivity index (χ0) is 26.2. The van der Waals surface area contributed by atoms with Crippen molar-refractivity contribution in [1.29, 1.82) is 0 Å². The molecule has 0 amide bonds. The van der Waals surface area contributed by atoms with Crippen molar-refractivity contribution in [3.63, 3.8) is 0 Å². The van der Waals surface area contributed by atoms with Crippen LogP contribution in [0.1, 0.15) is 35.6 Å². The quantitative estimate of drug-likeness (QED) is 0.224. The molecule has 2 aromatic heterocycles. The number of benzene rings is 2. The van der Waals surface area contributed by atoms with Gasteiger partial charge in [0.25, 0.3) is 11.2 Å². The minimum atomic E-state index is -1.97. The third kappa shape index (κ3) is 3.15. The van der Waals surface area contributed by atoms with Gasteiger partial charge in [0.15, 0.2) is 5.60 Å². The molecule has 186 valence electrons. The molecule has 9 nitrogen and oxygen atoms in total. The molecule has 0 saturated heterocycles. The number of pyridine rings is 2. The molecule has 0 aliphatic carbocycles. The van der Waals surface area contributed by atoms with Crippen LogP contribution >= 0.6 is 0 Å². The number of aliphatic hydroxyl groups is 1. The van der Waals surface area contributed by atoms with Gasteiger partial charge in [0, 0.05) is 34.7 Å². The molecule has 0 fully saturated rings. The van der Waals surface area contributed by atoms with Crippen LogP contribution in [0, 0.1) is 22.9 Å². The third-order valence-corrected chi connectivity index (χ3v) is 7.33. The van der Waals surface area contributed by atoms with Gasteiger partial charge in [0.1, 0.15) is 12.4 Å². The first-order valence-electron chi connectivity index (χ1n) is 11.7. The number of carbonyl (C=O) groups excluding carboxylic acids is 1. The van der Waals surface area contributed by atoms with Gasteiger partial charge in [-0.15, -0.1) is 0 Å². The highest BCUT2D eigenvalue weighted by Crippen LogP contribution is 2.43. The predicted molar refractivity (Wildman–Crippen MR) is 131 cm³/mol. The molecular formula is C27H20FN3O6. The summed E-state index contributed by atoms with van der Waals surface area (Å²) in [5.74, 6) is -1.26. The minimum Gasteiger partial charge on any atom is -0.458 e. The van der Waals surface area contributed by atoms with E-state index in [1.807, 2.05) is 0 Å². The molecule has 10 heteroatoms. The van der Waals surface area contributed by atoms with Crippen LogP contribution in [-0.2, 0) is 28.3 Å². The summed E-state index contributed by atoms with van der Waals surface area (Å²) in [6.45, 7) is 3.15. The molecule has 37 heavy (non-hydrogen) atoms. The molecule has 0 saturated carbocycles. The Labute approximate surface area is 208 Å². The molecule has 4 aromatic rings. The summed E-state index contributed by atoms with van der Waals surface area (Å²) in [4.78, 5) is 41.4. The van der Waals surface area contributed by atoms with Crippen molar-refractivity contribution in [2.45, 2.75) is 39.0 Å². The van der Waals surface area contributed by atoms with Crippen LogP contribution in [0.3, 0.4) is 0 Å². The number of esters is 1. The Kier molecular flexibility index (Phi) is 4.83. The van der Waals surface area contributed by atoms with Gasteiger partial charge in [-0.25, -0.2) is 14.2 Å². The summed E-state index contributed by atoms with van der Waals surface area (Å²) < 4.78 is 21.2. The van der Waals surface area contributed by atoms with Crippen LogP contribution in [-0.4, -0.2) is 25.6 Å². The van der Waals surface area contributed by atoms with Gasteiger partial charge < -0.3 is 14.4 Å². The number of nitro benzene ring substituents is 1. The number of halogens is 1. The van der Waals surface area contributed by atoms with E-state index >= 15 is 0 Å². The lowest BCUT2D eigenvalue weighted by molar-refractivity contribution is -0.384. The first-order valence-corrected chi connectivity index (χ1v) is 11.7. The topological polar surface area (TPSA) is 125 Å². The van der Waals surface area contributed by atoms with Crippen LogP contribution in [0.5, 0.6) is 0 Å². The number of nitrogens with zero attached hydrogens (tertiary/aromatic N) is 3. The Hall–Kier alpha value is -4.44. The fourth-order valence-corrected chi connectivity index (χ4v) is 5.29. The molecule has 0 radical (unpaired) electrons. The molecular weight excluding hydrogens is 481 g/mol. The second-order valence-electron chi connectivity index (χ2n) is 9.34. The van der Waals surface area contributed by atoms with Crippen molar-refractivity contribution in [2.24, 2.45) is 0 Å². The van der Waals surface area contributed by atoms with Crippen molar-refractivity contribution < 1.29 is 24.0 Å². The standard InChI is InChI=1S/C27H20FN3O6/c1-3-27(34)19-9-22-24-17(11-30(22)25(32)18(19)12-37-26(27)33)23(14-4-6-15(7-5-14)31(35)36)16-8-13(2)20(28)10-21(16)29-24/h4-10,34H,3,11-12H2,1-2H3/t27-/m0/s1. The molecule has 2 aliphatic heterocycles. The van der Waals surface area contributed by atoms with E-state index in [0.717, 1.165) is 0 Å². The lowest BCUT2D eigenvalue weighted by atomic mass is 9.86. The zero-order valence-corrected chi connectivity index (χ0v) is 19.9. The van der Waals surface area contributed by atoms with Crippen molar-refractivity contribution in [1.82, 2.24) is 9.55 Å². The number of aromatic nitrogens is 2. The number of aryl methyl sites for hydroxylation is 1. The van der Waals surface area contributed by atoms with E-state index in [9.17, 15) is 29.2 Å². The second-order valence-corrected chi connectivity index (χ2v) is 9.34. The van der Waals surface area contributed by atoms with Crippen molar-refractivity contribution in [3.8, 4) is 22.5 Å². The van der Waals surface area contributed by atoms with Gasteiger partial charge in [0.2, 0.25) is 0 Å². The smallest absolute Gasteiger partial charge is 0.343 e. The SMILES string of the molecule is CC[C@@]1(O)C(=O)OCc2c1cc1n(c2=O)Cc2c-1nc1cc(F)c(C)cc1c2-c1ccc([N+](=O)[O-])cc1. The second kappa shape index (κ2) is 7.78. The summed E-state index contributed by atoms with van der Waals surface area (Å²) in [5.41, 5.74) is 1.50. The Morgan fingerprint density at radius 2 is 1.92 bits per heavy atom. The number of cyclic esters (lactones) is 1. The maximum atomic E-state index is 14.6. The number of carbonyl (C=O) groups is 1. The average molecular weight is 501 g/mol. The number of hydrogen-bond donors (Lipinski definition) is 1. The fraction of sp³-hybridized carbons (Fsp3) is 0.222. The van der Waals surface area contributed by atoms with E-state index < -0.39 is 27.9 Å². The summed E-state index contributed by atoms with van der Waals surface area (Å²) >= 11 is 0. The highest BCUT2D eigenvalue weighted by molar-refractivity contribution is 6.00. The Balaban J connectivity index is 1.68. The number of ether oxygens (including phenoxy) is 1. The molecule has 2 aliphatic rings. The fourth-order valence-electron chi connectivity index (χ4n) is 5.29. The van der Waals surface area contributed by atoms with Crippen LogP contribution < -0.4 is 5.56 Å². The lowest BCUT2D eigenvalue weighted by Gasteiger charge is -2.31. The van der Waals surface area contributed by atoms with Crippen molar-refractivity contribution in [3.05, 3.63) is 91.0 Å². The highest BCUT2D eigenvalue weighted by Gasteiger charge is 2.45. The average Bonchev–Trinajstić information content (AvgIpc) is 3.24. The summed E-state index contributed by atoms with van der Waals surface area (Å²) in [7, 11) is 0. The maximum absolute atomic E-state index is 14.6.